The first-order valence-electron chi connectivity index (χ1n) is 8.63. The second-order valence-electron chi connectivity index (χ2n) is 6.07. The van der Waals surface area contributed by atoms with Gasteiger partial charge in [0.2, 0.25) is 5.89 Å². The minimum absolute atomic E-state index is 0.647. The van der Waals surface area contributed by atoms with Crippen molar-refractivity contribution in [3.63, 3.8) is 0 Å². The first-order valence-corrected chi connectivity index (χ1v) is 8.63. The number of oxazole rings is 1. The van der Waals surface area contributed by atoms with Crippen molar-refractivity contribution in [2.75, 3.05) is 13.7 Å². The van der Waals surface area contributed by atoms with Gasteiger partial charge in [-0.05, 0) is 42.8 Å². The largest absolute Gasteiger partial charge is 0.497 e. The molecule has 0 N–H and O–H groups in total. The van der Waals surface area contributed by atoms with Gasteiger partial charge in [0.05, 0.1) is 12.8 Å². The molecule has 0 fully saturated rings. The summed E-state index contributed by atoms with van der Waals surface area (Å²) in [5, 5.41) is 0. The van der Waals surface area contributed by atoms with E-state index in [1.165, 1.54) is 5.56 Å². The normalized spacial score (nSPS) is 11.0. The van der Waals surface area contributed by atoms with E-state index in [9.17, 15) is 0 Å². The van der Waals surface area contributed by atoms with E-state index in [4.69, 9.17) is 9.15 Å². The fraction of sp³-hybridized carbons (Fsp3) is 0.286. The van der Waals surface area contributed by atoms with Gasteiger partial charge in [0, 0.05) is 18.7 Å². The van der Waals surface area contributed by atoms with Gasteiger partial charge in [-0.15, -0.1) is 0 Å². The smallest absolute Gasteiger partial charge is 0.226 e. The SMILES string of the molecule is CCCN(Cc1ccccc1)Cc1coc(-c2ccc(OC)cc2)n1. The third-order valence-corrected chi connectivity index (χ3v) is 4.06. The van der Waals surface area contributed by atoms with Crippen molar-refractivity contribution in [1.29, 1.82) is 0 Å². The number of nitrogens with zero attached hydrogens (tertiary/aromatic N) is 2. The number of hydrogen-bond acceptors (Lipinski definition) is 4. The zero-order chi connectivity index (χ0) is 17.5. The van der Waals surface area contributed by atoms with Gasteiger partial charge in [-0.2, -0.15) is 0 Å². The molecule has 4 nitrogen and oxygen atoms in total. The van der Waals surface area contributed by atoms with E-state index in [1.54, 1.807) is 13.4 Å². The van der Waals surface area contributed by atoms with Crippen LogP contribution in [0.3, 0.4) is 0 Å². The highest BCUT2D eigenvalue weighted by atomic mass is 16.5. The molecule has 130 valence electrons. The molecule has 0 atom stereocenters. The Labute approximate surface area is 149 Å². The fourth-order valence-corrected chi connectivity index (χ4v) is 2.85. The molecule has 0 bridgehead atoms. The summed E-state index contributed by atoms with van der Waals surface area (Å²) in [6.07, 6.45) is 2.86. The molecule has 0 aliphatic carbocycles. The summed E-state index contributed by atoms with van der Waals surface area (Å²) in [7, 11) is 1.66. The summed E-state index contributed by atoms with van der Waals surface area (Å²) in [6, 6.07) is 18.3. The number of ether oxygens (including phenoxy) is 1. The quantitative estimate of drug-likeness (QED) is 0.594. The highest BCUT2D eigenvalue weighted by Gasteiger charge is 2.11. The lowest BCUT2D eigenvalue weighted by Gasteiger charge is -2.20. The summed E-state index contributed by atoms with van der Waals surface area (Å²) < 4.78 is 10.9. The fourth-order valence-electron chi connectivity index (χ4n) is 2.85. The molecule has 3 aromatic rings. The van der Waals surface area contributed by atoms with E-state index >= 15 is 0 Å². The molecule has 3 rings (SSSR count). The average molecular weight is 336 g/mol. The molecule has 0 amide bonds. The zero-order valence-corrected chi connectivity index (χ0v) is 14.8. The van der Waals surface area contributed by atoms with Gasteiger partial charge in [-0.3, -0.25) is 4.90 Å². The average Bonchev–Trinajstić information content (AvgIpc) is 3.11. The van der Waals surface area contributed by atoms with Gasteiger partial charge in [-0.1, -0.05) is 37.3 Å². The summed E-state index contributed by atoms with van der Waals surface area (Å²) in [5.74, 6) is 1.47. The maximum Gasteiger partial charge on any atom is 0.226 e. The van der Waals surface area contributed by atoms with Crippen LogP contribution in [0.4, 0.5) is 0 Å². The van der Waals surface area contributed by atoms with Crippen LogP contribution in [0.2, 0.25) is 0 Å². The number of aromatic nitrogens is 1. The van der Waals surface area contributed by atoms with Gasteiger partial charge < -0.3 is 9.15 Å². The molecule has 0 aliphatic heterocycles. The molecule has 1 aromatic heterocycles. The third-order valence-electron chi connectivity index (χ3n) is 4.06. The van der Waals surface area contributed by atoms with Crippen LogP contribution in [-0.2, 0) is 13.1 Å². The first kappa shape index (κ1) is 17.2. The Morgan fingerprint density at radius 3 is 2.44 bits per heavy atom. The first-order chi connectivity index (χ1) is 12.3. The van der Waals surface area contributed by atoms with Gasteiger partial charge >= 0.3 is 0 Å². The topological polar surface area (TPSA) is 38.5 Å². The van der Waals surface area contributed by atoms with Crippen LogP contribution in [0.15, 0.2) is 65.3 Å². The number of methoxy groups -OCH3 is 1. The standard InChI is InChI=1S/C21H24N2O2/c1-3-13-23(14-17-7-5-4-6-8-17)15-19-16-25-21(22-19)18-9-11-20(24-2)12-10-18/h4-12,16H,3,13-15H2,1-2H3. The van der Waals surface area contributed by atoms with Crippen molar-refractivity contribution in [2.24, 2.45) is 0 Å². The van der Waals surface area contributed by atoms with Gasteiger partial charge in [-0.25, -0.2) is 4.98 Å². The maximum atomic E-state index is 5.67. The van der Waals surface area contributed by atoms with Gasteiger partial charge in [0.1, 0.15) is 12.0 Å². The van der Waals surface area contributed by atoms with E-state index in [0.717, 1.165) is 43.1 Å². The summed E-state index contributed by atoms with van der Waals surface area (Å²) in [6.45, 7) is 4.92. The molecule has 1 heterocycles. The van der Waals surface area contributed by atoms with Crippen molar-refractivity contribution in [1.82, 2.24) is 9.88 Å². The zero-order valence-electron chi connectivity index (χ0n) is 14.8. The lowest BCUT2D eigenvalue weighted by molar-refractivity contribution is 0.254. The van der Waals surface area contributed by atoms with Gasteiger partial charge in [0.15, 0.2) is 0 Å². The maximum absolute atomic E-state index is 5.67. The lowest BCUT2D eigenvalue weighted by atomic mass is 10.2. The van der Waals surface area contributed by atoms with Crippen molar-refractivity contribution in [3.05, 3.63) is 72.1 Å². The van der Waals surface area contributed by atoms with Crippen molar-refractivity contribution in [2.45, 2.75) is 26.4 Å². The Morgan fingerprint density at radius 2 is 1.76 bits per heavy atom. The van der Waals surface area contributed by atoms with Crippen LogP contribution in [0.25, 0.3) is 11.5 Å². The predicted octanol–water partition coefficient (Wildman–Crippen LogP) is 4.76. The van der Waals surface area contributed by atoms with Crippen LogP contribution in [0.5, 0.6) is 5.75 Å². The summed E-state index contributed by atoms with van der Waals surface area (Å²) in [4.78, 5) is 7.04. The molecule has 0 unspecified atom stereocenters. The molecule has 0 saturated carbocycles. The molecule has 4 heteroatoms. The molecule has 2 aromatic carbocycles. The Morgan fingerprint density at radius 1 is 1.00 bits per heavy atom. The lowest BCUT2D eigenvalue weighted by Crippen LogP contribution is -2.23. The van der Waals surface area contributed by atoms with Crippen molar-refractivity contribution >= 4 is 0 Å². The Balaban J connectivity index is 1.69. The van der Waals surface area contributed by atoms with Crippen LogP contribution in [-0.4, -0.2) is 23.5 Å². The van der Waals surface area contributed by atoms with Crippen LogP contribution in [0.1, 0.15) is 24.6 Å². The number of hydrogen-bond donors (Lipinski definition) is 0. The van der Waals surface area contributed by atoms with E-state index in [2.05, 4.69) is 41.1 Å². The van der Waals surface area contributed by atoms with E-state index in [1.807, 2.05) is 30.3 Å². The van der Waals surface area contributed by atoms with Crippen LogP contribution < -0.4 is 4.74 Å². The molecular weight excluding hydrogens is 312 g/mol. The Bertz CT molecular complexity index is 766. The monoisotopic (exact) mass is 336 g/mol. The van der Waals surface area contributed by atoms with Crippen LogP contribution in [0, 0.1) is 0 Å². The molecule has 0 spiro atoms. The number of benzene rings is 2. The van der Waals surface area contributed by atoms with E-state index < -0.39 is 0 Å². The Hall–Kier alpha value is -2.59. The molecule has 0 radical (unpaired) electrons. The van der Waals surface area contributed by atoms with E-state index in [-0.39, 0.29) is 0 Å². The molecule has 0 aliphatic rings. The molecule has 0 saturated heterocycles. The van der Waals surface area contributed by atoms with Crippen molar-refractivity contribution < 1.29 is 9.15 Å². The van der Waals surface area contributed by atoms with Gasteiger partial charge in [0.25, 0.3) is 0 Å². The highest BCUT2D eigenvalue weighted by Crippen LogP contribution is 2.22. The highest BCUT2D eigenvalue weighted by molar-refractivity contribution is 5.54. The molecular formula is C21H24N2O2. The summed E-state index contributed by atoms with van der Waals surface area (Å²) in [5.41, 5.74) is 3.22. The second kappa shape index (κ2) is 8.49. The van der Waals surface area contributed by atoms with Crippen LogP contribution >= 0.6 is 0 Å². The number of rotatable bonds is 8. The minimum Gasteiger partial charge on any atom is -0.497 e. The molecule has 25 heavy (non-hydrogen) atoms. The predicted molar refractivity (Wildman–Crippen MR) is 99.3 cm³/mol. The Kier molecular flexibility index (Phi) is 5.86. The minimum atomic E-state index is 0.647. The third kappa shape index (κ3) is 4.70. The second-order valence-corrected chi connectivity index (χ2v) is 6.07. The summed E-state index contributed by atoms with van der Waals surface area (Å²) >= 11 is 0. The van der Waals surface area contributed by atoms with Crippen molar-refractivity contribution in [3.8, 4) is 17.2 Å². The van der Waals surface area contributed by atoms with E-state index in [0.29, 0.717) is 5.89 Å².